The molecule has 12 unspecified atom stereocenters. The number of carbonyl (C=O) groups is 1. The van der Waals surface area contributed by atoms with Gasteiger partial charge in [0.2, 0.25) is 5.91 Å². The van der Waals surface area contributed by atoms with E-state index in [1.54, 1.807) is 6.08 Å². The molecule has 474 valence electrons. The number of unbranched alkanes of at least 4 members (excludes halogenated alkanes) is 27. The highest BCUT2D eigenvalue weighted by atomic mass is 16.7. The van der Waals surface area contributed by atoms with Crippen LogP contribution in [0.4, 0.5) is 0 Å². The summed E-state index contributed by atoms with van der Waals surface area (Å²) in [6.07, 6.45) is 54.8. The van der Waals surface area contributed by atoms with Gasteiger partial charge in [0.05, 0.1) is 32.0 Å². The first kappa shape index (κ1) is 75.3. The lowest BCUT2D eigenvalue weighted by Crippen LogP contribution is -2.65. The molecule has 82 heavy (non-hydrogen) atoms. The largest absolute Gasteiger partial charge is 0.394 e. The highest BCUT2D eigenvalue weighted by molar-refractivity contribution is 5.76. The first-order valence-electron chi connectivity index (χ1n) is 32.8. The van der Waals surface area contributed by atoms with Crippen molar-refractivity contribution in [3.63, 3.8) is 0 Å². The number of rotatable bonds is 52. The Hall–Kier alpha value is -2.83. The minimum Gasteiger partial charge on any atom is -0.394 e. The summed E-state index contributed by atoms with van der Waals surface area (Å²) in [6.45, 7) is 2.68. The van der Waals surface area contributed by atoms with Crippen molar-refractivity contribution in [2.45, 2.75) is 319 Å². The Bertz CT molecular complexity index is 1700. The molecule has 0 aromatic heterocycles. The minimum absolute atomic E-state index is 0.254. The number of nitrogens with one attached hydrogen (secondary N) is 1. The van der Waals surface area contributed by atoms with Gasteiger partial charge in [-0.2, -0.15) is 0 Å². The zero-order valence-corrected chi connectivity index (χ0v) is 51.2. The molecule has 9 N–H and O–H groups in total. The van der Waals surface area contributed by atoms with Crippen LogP contribution in [0.15, 0.2) is 85.1 Å². The van der Waals surface area contributed by atoms with Crippen molar-refractivity contribution in [1.82, 2.24) is 5.32 Å². The van der Waals surface area contributed by atoms with E-state index >= 15 is 0 Å². The zero-order chi connectivity index (χ0) is 59.5. The summed E-state index contributed by atoms with van der Waals surface area (Å²) in [6, 6.07) is -0.939. The van der Waals surface area contributed by atoms with E-state index in [0.29, 0.717) is 12.8 Å². The molecule has 0 bridgehead atoms. The van der Waals surface area contributed by atoms with E-state index in [0.717, 1.165) is 70.6 Å². The fraction of sp³-hybridized carbons (Fsp3) is 0.779. The molecule has 0 aromatic carbocycles. The third-order valence-electron chi connectivity index (χ3n) is 15.6. The molecular weight excluding hydrogens is 1040 g/mol. The second-order valence-corrected chi connectivity index (χ2v) is 22.9. The second-order valence-electron chi connectivity index (χ2n) is 22.9. The Balaban J connectivity index is 1.73. The van der Waals surface area contributed by atoms with Crippen LogP contribution in [0.2, 0.25) is 0 Å². The highest BCUT2D eigenvalue weighted by Gasteiger charge is 2.51. The van der Waals surface area contributed by atoms with Gasteiger partial charge in [-0.25, -0.2) is 0 Å². The van der Waals surface area contributed by atoms with Gasteiger partial charge in [-0.1, -0.05) is 247 Å². The summed E-state index contributed by atoms with van der Waals surface area (Å²) in [4.78, 5) is 13.3. The van der Waals surface area contributed by atoms with Crippen LogP contribution in [0.5, 0.6) is 0 Å². The van der Waals surface area contributed by atoms with E-state index in [1.807, 2.05) is 6.08 Å². The SMILES string of the molecule is CC/C=C\C/C=C\C/C=C\C/C=C\C/C=C\CCCCCCCCCCCCCC(=O)NC(COC1OC(CO)C(OC2OC(CO)C(O)C(O)C2O)C(O)C1O)C(O)/C=C/CC/C=C/CCCCCCCCCCCCCCCCC. The first-order chi connectivity index (χ1) is 40.1. The molecule has 14 nitrogen and oxygen atoms in total. The number of hydrogen-bond acceptors (Lipinski definition) is 13. The molecule has 2 saturated heterocycles. The van der Waals surface area contributed by atoms with E-state index in [9.17, 15) is 45.6 Å². The smallest absolute Gasteiger partial charge is 0.220 e. The number of carbonyl (C=O) groups excluding carboxylic acids is 1. The van der Waals surface area contributed by atoms with Crippen molar-refractivity contribution < 1.29 is 64.6 Å². The van der Waals surface area contributed by atoms with Gasteiger partial charge in [0, 0.05) is 6.42 Å². The third kappa shape index (κ3) is 36.9. The molecule has 12 atom stereocenters. The molecule has 0 saturated carbocycles. The van der Waals surface area contributed by atoms with Crippen molar-refractivity contribution in [3.8, 4) is 0 Å². The summed E-state index contributed by atoms with van der Waals surface area (Å²) in [5, 5.41) is 87.3. The Morgan fingerprint density at radius 2 is 0.854 bits per heavy atom. The Morgan fingerprint density at radius 3 is 1.34 bits per heavy atom. The summed E-state index contributed by atoms with van der Waals surface area (Å²) < 4.78 is 22.8. The van der Waals surface area contributed by atoms with Crippen LogP contribution < -0.4 is 5.32 Å². The van der Waals surface area contributed by atoms with E-state index < -0.39 is 86.8 Å². The van der Waals surface area contributed by atoms with Gasteiger partial charge >= 0.3 is 0 Å². The lowest BCUT2D eigenvalue weighted by Gasteiger charge is -2.46. The number of allylic oxidation sites excluding steroid dienone is 13. The minimum atomic E-state index is -1.79. The van der Waals surface area contributed by atoms with Crippen molar-refractivity contribution in [3.05, 3.63) is 85.1 Å². The van der Waals surface area contributed by atoms with Gasteiger partial charge < -0.3 is 65.1 Å². The quantitative estimate of drug-likeness (QED) is 0.0204. The standard InChI is InChI=1S/C68H119NO13/c1-3-5-7-9-11-13-15-17-19-21-23-25-26-27-28-29-30-32-34-36-38-40-42-44-46-48-50-52-60(73)69-56(57(72)51-49-47-45-43-41-39-37-35-33-31-24-22-20-18-16-14-12-10-8-6-4-2)55-79-67-65(78)63(76)66(59(54-71)81-67)82-68-64(77)62(75)61(74)58(53-70)80-68/h5,7,11,13,17,19,23,25,27-28,41,43,49,51,56-59,61-68,70-72,74-78H,3-4,6,8-10,12,14-16,18,20-22,24,26,29-40,42,44-48,50,52-55H2,1-2H3,(H,69,73)/b7-5-,13-11-,19-17-,25-23-,28-27-,43-41+,51-49+. The van der Waals surface area contributed by atoms with E-state index in [1.165, 1.54) is 141 Å². The maximum atomic E-state index is 13.3. The van der Waals surface area contributed by atoms with Crippen LogP contribution >= 0.6 is 0 Å². The molecule has 1 amide bonds. The molecule has 0 radical (unpaired) electrons. The molecule has 2 fully saturated rings. The van der Waals surface area contributed by atoms with Crippen molar-refractivity contribution in [1.29, 1.82) is 0 Å². The van der Waals surface area contributed by atoms with Gasteiger partial charge in [-0.05, 0) is 77.0 Å². The topological polar surface area (TPSA) is 228 Å². The Morgan fingerprint density at radius 1 is 0.451 bits per heavy atom. The Labute approximate surface area is 497 Å². The van der Waals surface area contributed by atoms with Crippen LogP contribution in [0.1, 0.15) is 245 Å². The summed E-state index contributed by atoms with van der Waals surface area (Å²) >= 11 is 0. The molecule has 0 spiro atoms. The fourth-order valence-corrected chi connectivity index (χ4v) is 10.3. The number of ether oxygens (including phenoxy) is 4. The lowest BCUT2D eigenvalue weighted by molar-refractivity contribution is -0.359. The predicted molar refractivity (Wildman–Crippen MR) is 332 cm³/mol. The van der Waals surface area contributed by atoms with Gasteiger partial charge in [0.25, 0.3) is 0 Å². The molecule has 14 heteroatoms. The van der Waals surface area contributed by atoms with E-state index in [-0.39, 0.29) is 18.9 Å². The van der Waals surface area contributed by atoms with Crippen LogP contribution in [0.25, 0.3) is 0 Å². The maximum absolute atomic E-state index is 13.3. The van der Waals surface area contributed by atoms with E-state index in [2.05, 4.69) is 92.1 Å². The monoisotopic (exact) mass is 1160 g/mol. The molecule has 0 aromatic rings. The van der Waals surface area contributed by atoms with Crippen LogP contribution in [0.3, 0.4) is 0 Å². The van der Waals surface area contributed by atoms with Gasteiger partial charge in [-0.15, -0.1) is 0 Å². The average Bonchev–Trinajstić information content (AvgIpc) is 3.67. The van der Waals surface area contributed by atoms with Crippen LogP contribution in [-0.2, 0) is 23.7 Å². The van der Waals surface area contributed by atoms with Gasteiger partial charge in [0.15, 0.2) is 12.6 Å². The van der Waals surface area contributed by atoms with E-state index in [4.69, 9.17) is 18.9 Å². The molecular formula is C68H119NO13. The van der Waals surface area contributed by atoms with Crippen LogP contribution in [-0.4, -0.2) is 140 Å². The maximum Gasteiger partial charge on any atom is 0.220 e. The molecule has 0 aliphatic carbocycles. The lowest BCUT2D eigenvalue weighted by atomic mass is 9.97. The Kier molecular flexibility index (Phi) is 48.2. The normalized spacial score (nSPS) is 24.5. The predicted octanol–water partition coefficient (Wildman–Crippen LogP) is 12.4. The summed E-state index contributed by atoms with van der Waals surface area (Å²) in [5.41, 5.74) is 0. The molecule has 2 aliphatic rings. The zero-order valence-electron chi connectivity index (χ0n) is 51.2. The van der Waals surface area contributed by atoms with Crippen molar-refractivity contribution in [2.75, 3.05) is 19.8 Å². The van der Waals surface area contributed by atoms with Crippen LogP contribution in [0, 0.1) is 0 Å². The van der Waals surface area contributed by atoms with Gasteiger partial charge in [-0.3, -0.25) is 4.79 Å². The summed E-state index contributed by atoms with van der Waals surface area (Å²) in [7, 11) is 0. The number of aliphatic hydroxyl groups excluding tert-OH is 8. The molecule has 2 rings (SSSR count). The van der Waals surface area contributed by atoms with Crippen molar-refractivity contribution >= 4 is 5.91 Å². The highest BCUT2D eigenvalue weighted by Crippen LogP contribution is 2.30. The number of amides is 1. The molecule has 2 aliphatic heterocycles. The number of aliphatic hydroxyl groups is 8. The average molecular weight is 1160 g/mol. The first-order valence-corrected chi connectivity index (χ1v) is 32.8. The fourth-order valence-electron chi connectivity index (χ4n) is 10.3. The summed E-state index contributed by atoms with van der Waals surface area (Å²) in [5.74, 6) is -0.254. The molecule has 2 heterocycles. The number of hydrogen-bond donors (Lipinski definition) is 9. The van der Waals surface area contributed by atoms with Crippen molar-refractivity contribution in [2.24, 2.45) is 0 Å². The van der Waals surface area contributed by atoms with Gasteiger partial charge in [0.1, 0.15) is 48.8 Å². The third-order valence-corrected chi connectivity index (χ3v) is 15.6. The second kappa shape index (κ2) is 52.5.